The van der Waals surface area contributed by atoms with Crippen molar-refractivity contribution in [3.63, 3.8) is 0 Å². The number of hydrogen-bond donors (Lipinski definition) is 1. The molecule has 0 unspecified atom stereocenters. The zero-order chi connectivity index (χ0) is 11.1. The van der Waals surface area contributed by atoms with Crippen LogP contribution in [0.15, 0.2) is 30.3 Å². The molecule has 0 spiro atoms. The minimum atomic E-state index is -0.314. The highest BCUT2D eigenvalue weighted by Crippen LogP contribution is 2.39. The van der Waals surface area contributed by atoms with Gasteiger partial charge >= 0.3 is 0 Å². The molecule has 1 aromatic rings. The van der Waals surface area contributed by atoms with Crippen molar-refractivity contribution in [2.24, 2.45) is 5.92 Å². The van der Waals surface area contributed by atoms with Gasteiger partial charge in [0.2, 0.25) is 5.91 Å². The molecule has 3 nitrogen and oxygen atoms in total. The quantitative estimate of drug-likeness (QED) is 0.807. The van der Waals surface area contributed by atoms with E-state index in [-0.39, 0.29) is 24.0 Å². The molecule has 2 fully saturated rings. The number of rotatable bonds is 2. The molecular formula is C13H15NO2. The topological polar surface area (TPSA) is 40.5 Å². The Balaban J connectivity index is 1.79. The van der Waals surface area contributed by atoms with Gasteiger partial charge in [0.15, 0.2) is 0 Å². The maximum Gasteiger partial charge on any atom is 0.226 e. The number of likely N-dealkylation sites (tertiary alicyclic amines) is 1. The summed E-state index contributed by atoms with van der Waals surface area (Å²) in [6, 6.07) is 10.0. The van der Waals surface area contributed by atoms with Gasteiger partial charge in [0.1, 0.15) is 0 Å². The largest absolute Gasteiger partial charge is 0.391 e. The maximum atomic E-state index is 11.9. The van der Waals surface area contributed by atoms with Gasteiger partial charge in [-0.2, -0.15) is 0 Å². The number of carbonyl (C=O) groups excluding carboxylic acids is 1. The summed E-state index contributed by atoms with van der Waals surface area (Å²) in [5.74, 6) is 0.294. The number of amides is 1. The monoisotopic (exact) mass is 217 g/mol. The molecule has 0 aromatic heterocycles. The van der Waals surface area contributed by atoms with Crippen LogP contribution in [0.3, 0.4) is 0 Å². The molecule has 16 heavy (non-hydrogen) atoms. The van der Waals surface area contributed by atoms with Crippen LogP contribution in [-0.2, 0) is 11.3 Å². The third-order valence-corrected chi connectivity index (χ3v) is 3.72. The third kappa shape index (κ3) is 1.43. The Kier molecular flexibility index (Phi) is 2.21. The van der Waals surface area contributed by atoms with Crippen molar-refractivity contribution in [2.75, 3.05) is 0 Å². The van der Waals surface area contributed by atoms with Crippen molar-refractivity contribution >= 4 is 5.91 Å². The van der Waals surface area contributed by atoms with Gasteiger partial charge in [0.05, 0.1) is 12.1 Å². The van der Waals surface area contributed by atoms with Gasteiger partial charge in [-0.1, -0.05) is 30.3 Å². The average molecular weight is 217 g/mol. The molecule has 1 aliphatic carbocycles. The van der Waals surface area contributed by atoms with Crippen LogP contribution < -0.4 is 0 Å². The van der Waals surface area contributed by atoms with Crippen LogP contribution in [0, 0.1) is 5.92 Å². The van der Waals surface area contributed by atoms with E-state index in [9.17, 15) is 9.90 Å². The van der Waals surface area contributed by atoms with Crippen LogP contribution in [0.1, 0.15) is 18.4 Å². The molecular weight excluding hydrogens is 202 g/mol. The van der Waals surface area contributed by atoms with Gasteiger partial charge in [0, 0.05) is 12.5 Å². The first-order valence-corrected chi connectivity index (χ1v) is 5.78. The average Bonchev–Trinajstić information content (AvgIpc) is 2.80. The van der Waals surface area contributed by atoms with E-state index in [0.29, 0.717) is 13.0 Å². The van der Waals surface area contributed by atoms with Crippen LogP contribution in [0.25, 0.3) is 0 Å². The summed E-state index contributed by atoms with van der Waals surface area (Å²) in [6.45, 7) is 0.637. The third-order valence-electron chi connectivity index (χ3n) is 3.72. The smallest absolute Gasteiger partial charge is 0.226 e. The first-order valence-electron chi connectivity index (χ1n) is 5.78. The van der Waals surface area contributed by atoms with E-state index < -0.39 is 0 Å². The summed E-state index contributed by atoms with van der Waals surface area (Å²) in [4.78, 5) is 13.8. The molecule has 3 heteroatoms. The number of fused-ring (bicyclic) bond motifs is 2. The number of aliphatic hydroxyl groups excluding tert-OH is 1. The Morgan fingerprint density at radius 3 is 2.69 bits per heavy atom. The lowest BCUT2D eigenvalue weighted by Crippen LogP contribution is -2.43. The Bertz CT molecular complexity index is 404. The predicted octanol–water partition coefficient (Wildman–Crippen LogP) is 1.17. The summed E-state index contributed by atoms with van der Waals surface area (Å²) < 4.78 is 0. The highest BCUT2D eigenvalue weighted by atomic mass is 16.3. The summed E-state index contributed by atoms with van der Waals surface area (Å²) in [5.41, 5.74) is 1.13. The summed E-state index contributed by atoms with van der Waals surface area (Å²) >= 11 is 0. The van der Waals surface area contributed by atoms with Gasteiger partial charge in [-0.25, -0.2) is 0 Å². The van der Waals surface area contributed by atoms with Crippen LogP contribution in [-0.4, -0.2) is 28.1 Å². The fraction of sp³-hybridized carbons (Fsp3) is 0.462. The Morgan fingerprint density at radius 1 is 1.25 bits per heavy atom. The van der Waals surface area contributed by atoms with Crippen LogP contribution in [0.5, 0.6) is 0 Å². The first kappa shape index (κ1) is 9.85. The minimum Gasteiger partial charge on any atom is -0.391 e. The molecule has 3 atom stereocenters. The van der Waals surface area contributed by atoms with Crippen LogP contribution in [0.2, 0.25) is 0 Å². The van der Waals surface area contributed by atoms with Crippen molar-refractivity contribution in [3.05, 3.63) is 35.9 Å². The van der Waals surface area contributed by atoms with Gasteiger partial charge in [-0.15, -0.1) is 0 Å². The second-order valence-electron chi connectivity index (χ2n) is 4.75. The maximum absolute atomic E-state index is 11.9. The summed E-state index contributed by atoms with van der Waals surface area (Å²) in [6.07, 6.45) is 1.19. The molecule has 2 bridgehead atoms. The van der Waals surface area contributed by atoms with Crippen molar-refractivity contribution < 1.29 is 9.90 Å². The normalized spacial score (nSPS) is 32.4. The molecule has 1 saturated carbocycles. The lowest BCUT2D eigenvalue weighted by molar-refractivity contribution is -0.138. The molecule has 84 valence electrons. The number of nitrogens with zero attached hydrogens (tertiary/aromatic N) is 1. The van der Waals surface area contributed by atoms with E-state index in [1.54, 1.807) is 0 Å². The van der Waals surface area contributed by atoms with E-state index >= 15 is 0 Å². The standard InChI is InChI=1S/C13H15NO2/c15-12-7-10-6-11(12)14(13(10)16)8-9-4-2-1-3-5-9/h1-5,10-12,15H,6-8H2/t10-,11-,12+/m1/s1. The summed E-state index contributed by atoms with van der Waals surface area (Å²) in [5, 5.41) is 9.79. The number of aliphatic hydroxyl groups is 1. The minimum absolute atomic E-state index is 0.0534. The number of carbonyl (C=O) groups is 1. The van der Waals surface area contributed by atoms with E-state index in [0.717, 1.165) is 12.0 Å². The Labute approximate surface area is 94.7 Å². The van der Waals surface area contributed by atoms with Crippen molar-refractivity contribution in [2.45, 2.75) is 31.5 Å². The van der Waals surface area contributed by atoms with E-state index in [1.165, 1.54) is 0 Å². The second-order valence-corrected chi connectivity index (χ2v) is 4.75. The fourth-order valence-corrected chi connectivity index (χ4v) is 2.90. The van der Waals surface area contributed by atoms with Crippen LogP contribution in [0.4, 0.5) is 0 Å². The first-order chi connectivity index (χ1) is 7.75. The lowest BCUT2D eigenvalue weighted by atomic mass is 10.1. The molecule has 1 heterocycles. The SMILES string of the molecule is O=C1[C@@H]2C[C@H]([C@@H](O)C2)N1Cc1ccccc1. The molecule has 2 aliphatic rings. The van der Waals surface area contributed by atoms with Crippen molar-refractivity contribution in [1.29, 1.82) is 0 Å². The summed E-state index contributed by atoms with van der Waals surface area (Å²) in [7, 11) is 0. The fourth-order valence-electron chi connectivity index (χ4n) is 2.90. The highest BCUT2D eigenvalue weighted by Gasteiger charge is 2.49. The van der Waals surface area contributed by atoms with Crippen LogP contribution >= 0.6 is 0 Å². The number of hydrogen-bond acceptors (Lipinski definition) is 2. The molecule has 0 radical (unpaired) electrons. The number of piperidine rings is 1. The Hall–Kier alpha value is -1.35. The molecule has 1 aliphatic heterocycles. The van der Waals surface area contributed by atoms with E-state index in [4.69, 9.17) is 0 Å². The molecule has 1 amide bonds. The zero-order valence-electron chi connectivity index (χ0n) is 9.04. The predicted molar refractivity (Wildman–Crippen MR) is 59.5 cm³/mol. The Morgan fingerprint density at radius 2 is 2.00 bits per heavy atom. The second kappa shape index (κ2) is 3.59. The van der Waals surface area contributed by atoms with Crippen molar-refractivity contribution in [3.8, 4) is 0 Å². The molecule has 3 rings (SSSR count). The van der Waals surface area contributed by atoms with Gasteiger partial charge < -0.3 is 10.0 Å². The van der Waals surface area contributed by atoms with Gasteiger partial charge in [-0.3, -0.25) is 4.79 Å². The van der Waals surface area contributed by atoms with Gasteiger partial charge in [-0.05, 0) is 18.4 Å². The van der Waals surface area contributed by atoms with Gasteiger partial charge in [0.25, 0.3) is 0 Å². The molecule has 1 aromatic carbocycles. The lowest BCUT2D eigenvalue weighted by Gasteiger charge is -2.30. The molecule has 1 saturated heterocycles. The van der Waals surface area contributed by atoms with E-state index in [2.05, 4.69) is 0 Å². The zero-order valence-corrected chi connectivity index (χ0v) is 9.04. The van der Waals surface area contributed by atoms with Crippen molar-refractivity contribution in [1.82, 2.24) is 4.90 Å². The van der Waals surface area contributed by atoms with E-state index in [1.807, 2.05) is 35.2 Å². The highest BCUT2D eigenvalue weighted by molar-refractivity contribution is 5.82. The number of benzene rings is 1. The molecule has 1 N–H and O–H groups in total.